The molecule has 148 valence electrons. The molecule has 2 aromatic carbocycles. The van der Waals surface area contributed by atoms with E-state index in [1.807, 2.05) is 13.8 Å². The molecule has 0 aromatic heterocycles. The maximum atomic E-state index is 13.3. The number of carbonyl (C=O) groups excluding carboxylic acids is 2. The Labute approximate surface area is 163 Å². The van der Waals surface area contributed by atoms with Crippen LogP contribution in [0.1, 0.15) is 30.0 Å². The second kappa shape index (κ2) is 7.50. The lowest BCUT2D eigenvalue weighted by molar-refractivity contribution is -0.132. The van der Waals surface area contributed by atoms with E-state index in [4.69, 9.17) is 9.47 Å². The summed E-state index contributed by atoms with van der Waals surface area (Å²) in [5.74, 6) is 0.344. The van der Waals surface area contributed by atoms with Gasteiger partial charge in [0.05, 0.1) is 20.8 Å². The highest BCUT2D eigenvalue weighted by Gasteiger charge is 2.51. The fraction of sp³-hybridized carbons (Fsp3) is 0.333. The molecule has 1 fully saturated rings. The van der Waals surface area contributed by atoms with Gasteiger partial charge in [0.1, 0.15) is 11.4 Å². The second-order valence-electron chi connectivity index (χ2n) is 6.72. The molecule has 6 nitrogen and oxygen atoms in total. The Bertz CT molecular complexity index is 913. The summed E-state index contributed by atoms with van der Waals surface area (Å²) in [4.78, 5) is 27.1. The van der Waals surface area contributed by atoms with Crippen LogP contribution in [0.5, 0.6) is 11.5 Å². The third kappa shape index (κ3) is 3.17. The number of ether oxygens (including phenoxy) is 2. The zero-order valence-electron chi connectivity index (χ0n) is 16.3. The highest BCUT2D eigenvalue weighted by Crippen LogP contribution is 2.35. The number of hydrogen-bond acceptors (Lipinski definition) is 4. The van der Waals surface area contributed by atoms with Gasteiger partial charge in [0.25, 0.3) is 5.91 Å². The zero-order valence-corrected chi connectivity index (χ0v) is 16.3. The van der Waals surface area contributed by atoms with Gasteiger partial charge in [-0.1, -0.05) is 19.1 Å². The van der Waals surface area contributed by atoms with Crippen LogP contribution >= 0.6 is 0 Å². The van der Waals surface area contributed by atoms with Gasteiger partial charge < -0.3 is 14.8 Å². The summed E-state index contributed by atoms with van der Waals surface area (Å²) in [6.07, 6.45) is 0.352. The van der Waals surface area contributed by atoms with Crippen LogP contribution in [0.2, 0.25) is 0 Å². The van der Waals surface area contributed by atoms with Crippen molar-refractivity contribution < 1.29 is 23.5 Å². The number of aryl methyl sites for hydroxylation is 1. The van der Waals surface area contributed by atoms with Crippen molar-refractivity contribution in [2.24, 2.45) is 0 Å². The average Bonchev–Trinajstić information content (AvgIpc) is 2.94. The monoisotopic (exact) mass is 386 g/mol. The minimum atomic E-state index is -1.20. The maximum Gasteiger partial charge on any atom is 0.325 e. The summed E-state index contributed by atoms with van der Waals surface area (Å²) < 4.78 is 23.9. The Hall–Kier alpha value is -3.09. The van der Waals surface area contributed by atoms with E-state index in [0.717, 1.165) is 11.1 Å². The van der Waals surface area contributed by atoms with Gasteiger partial charge in [-0.2, -0.15) is 0 Å². The molecule has 0 aliphatic carbocycles. The number of halogens is 1. The molecule has 1 heterocycles. The van der Waals surface area contributed by atoms with Gasteiger partial charge in [-0.15, -0.1) is 0 Å². The normalized spacial score (nSPS) is 19.0. The molecule has 2 aromatic rings. The number of rotatable bonds is 6. The number of imide groups is 1. The van der Waals surface area contributed by atoms with Crippen molar-refractivity contribution in [1.29, 1.82) is 0 Å². The topological polar surface area (TPSA) is 67.9 Å². The third-order valence-electron chi connectivity index (χ3n) is 5.21. The number of nitrogens with zero attached hydrogens (tertiary/aromatic N) is 1. The molecule has 0 unspecified atom stereocenters. The molecule has 1 aliphatic heterocycles. The van der Waals surface area contributed by atoms with Crippen molar-refractivity contribution in [2.45, 2.75) is 32.4 Å². The standard InChI is InChI=1S/C21H23FN2O4/c1-5-21(15-6-8-16(22)9-7-15)19(25)24(20(26)23-21)12-14-11-18(28-4)17(27-3)10-13(14)2/h6-11H,5,12H2,1-4H3,(H,23,26)/t21-/m0/s1. The van der Waals surface area contributed by atoms with Gasteiger partial charge in [0.15, 0.2) is 11.5 Å². The Balaban J connectivity index is 1.95. The Morgan fingerprint density at radius 2 is 1.68 bits per heavy atom. The lowest BCUT2D eigenvalue weighted by Crippen LogP contribution is -2.43. The highest BCUT2D eigenvalue weighted by atomic mass is 19.1. The largest absolute Gasteiger partial charge is 0.493 e. The maximum absolute atomic E-state index is 13.3. The number of carbonyl (C=O) groups is 2. The summed E-state index contributed by atoms with van der Waals surface area (Å²) in [7, 11) is 3.08. The van der Waals surface area contributed by atoms with Gasteiger partial charge >= 0.3 is 6.03 Å². The first-order valence-electron chi connectivity index (χ1n) is 8.98. The third-order valence-corrected chi connectivity index (χ3v) is 5.21. The molecule has 1 saturated heterocycles. The van der Waals surface area contributed by atoms with Gasteiger partial charge in [-0.25, -0.2) is 9.18 Å². The van der Waals surface area contributed by atoms with Crippen LogP contribution in [0.25, 0.3) is 0 Å². The van der Waals surface area contributed by atoms with E-state index in [0.29, 0.717) is 23.5 Å². The SMILES string of the molecule is CC[C@@]1(c2ccc(F)cc2)NC(=O)N(Cc2cc(OC)c(OC)cc2C)C1=O. The van der Waals surface area contributed by atoms with E-state index in [9.17, 15) is 14.0 Å². The Morgan fingerprint density at radius 1 is 1.07 bits per heavy atom. The molecule has 0 radical (unpaired) electrons. The predicted molar refractivity (Wildman–Crippen MR) is 102 cm³/mol. The number of urea groups is 1. The van der Waals surface area contributed by atoms with Crippen LogP contribution in [0.15, 0.2) is 36.4 Å². The molecule has 0 saturated carbocycles. The first kappa shape index (κ1) is 19.7. The molecule has 7 heteroatoms. The smallest absolute Gasteiger partial charge is 0.325 e. The second-order valence-corrected chi connectivity index (χ2v) is 6.72. The fourth-order valence-corrected chi connectivity index (χ4v) is 3.51. The minimum Gasteiger partial charge on any atom is -0.493 e. The van der Waals surface area contributed by atoms with Crippen molar-refractivity contribution in [3.05, 3.63) is 58.9 Å². The van der Waals surface area contributed by atoms with Crippen LogP contribution in [0.3, 0.4) is 0 Å². The van der Waals surface area contributed by atoms with Gasteiger partial charge in [0, 0.05) is 0 Å². The number of nitrogens with one attached hydrogen (secondary N) is 1. The number of benzene rings is 2. The van der Waals surface area contributed by atoms with Crippen molar-refractivity contribution >= 4 is 11.9 Å². The van der Waals surface area contributed by atoms with E-state index >= 15 is 0 Å². The lowest BCUT2D eigenvalue weighted by atomic mass is 9.87. The van der Waals surface area contributed by atoms with Crippen molar-refractivity contribution in [2.75, 3.05) is 14.2 Å². The minimum absolute atomic E-state index is 0.0970. The lowest BCUT2D eigenvalue weighted by Gasteiger charge is -2.26. The van der Waals surface area contributed by atoms with Crippen LogP contribution in [-0.2, 0) is 16.9 Å². The number of amides is 3. The summed E-state index contributed by atoms with van der Waals surface area (Å²) in [5.41, 5.74) is 0.998. The Morgan fingerprint density at radius 3 is 2.25 bits per heavy atom. The van der Waals surface area contributed by atoms with E-state index in [1.54, 1.807) is 19.2 Å². The molecule has 1 N–H and O–H groups in total. The number of methoxy groups -OCH3 is 2. The van der Waals surface area contributed by atoms with Crippen LogP contribution in [-0.4, -0.2) is 31.1 Å². The first-order valence-corrected chi connectivity index (χ1v) is 8.98. The predicted octanol–water partition coefficient (Wildman–Crippen LogP) is 3.51. The van der Waals surface area contributed by atoms with E-state index in [2.05, 4.69) is 5.32 Å². The van der Waals surface area contributed by atoms with Gasteiger partial charge in [-0.3, -0.25) is 9.69 Å². The fourth-order valence-electron chi connectivity index (χ4n) is 3.51. The molecular weight excluding hydrogens is 363 g/mol. The van der Waals surface area contributed by atoms with Crippen molar-refractivity contribution in [1.82, 2.24) is 10.2 Å². The first-order chi connectivity index (χ1) is 13.4. The average molecular weight is 386 g/mol. The molecule has 3 amide bonds. The van der Waals surface area contributed by atoms with Gasteiger partial charge in [-0.05, 0) is 54.3 Å². The number of hydrogen-bond donors (Lipinski definition) is 1. The molecule has 0 bridgehead atoms. The van der Waals surface area contributed by atoms with Crippen LogP contribution < -0.4 is 14.8 Å². The summed E-state index contributed by atoms with van der Waals surface area (Å²) >= 11 is 0. The van der Waals surface area contributed by atoms with Crippen LogP contribution in [0.4, 0.5) is 9.18 Å². The van der Waals surface area contributed by atoms with Crippen molar-refractivity contribution in [3.8, 4) is 11.5 Å². The van der Waals surface area contributed by atoms with E-state index in [-0.39, 0.29) is 12.5 Å². The summed E-state index contributed by atoms with van der Waals surface area (Å²) in [6, 6.07) is 8.72. The summed E-state index contributed by atoms with van der Waals surface area (Å²) in [5, 5.41) is 2.80. The zero-order chi connectivity index (χ0) is 20.5. The van der Waals surface area contributed by atoms with Crippen molar-refractivity contribution in [3.63, 3.8) is 0 Å². The molecular formula is C21H23FN2O4. The molecule has 1 atom stereocenters. The quantitative estimate of drug-likeness (QED) is 0.772. The van der Waals surface area contributed by atoms with Gasteiger partial charge in [0.2, 0.25) is 0 Å². The summed E-state index contributed by atoms with van der Waals surface area (Å²) in [6.45, 7) is 3.79. The van der Waals surface area contributed by atoms with E-state index < -0.39 is 17.4 Å². The molecule has 1 aliphatic rings. The molecule has 0 spiro atoms. The van der Waals surface area contributed by atoms with Crippen LogP contribution in [0, 0.1) is 12.7 Å². The molecule has 3 rings (SSSR count). The van der Waals surface area contributed by atoms with E-state index in [1.165, 1.54) is 36.3 Å². The Kier molecular flexibility index (Phi) is 5.27. The molecule has 28 heavy (non-hydrogen) atoms. The highest BCUT2D eigenvalue weighted by molar-refractivity contribution is 6.07.